The fourth-order valence-electron chi connectivity index (χ4n) is 3.05. The largest absolute Gasteiger partial charge is 0.497 e. The highest BCUT2D eigenvalue weighted by Gasteiger charge is 2.22. The first-order valence-corrected chi connectivity index (χ1v) is 10.6. The van der Waals surface area contributed by atoms with Crippen LogP contribution in [-0.4, -0.2) is 35.0 Å². The van der Waals surface area contributed by atoms with Gasteiger partial charge >= 0.3 is 0 Å². The minimum atomic E-state index is 0.0752. The van der Waals surface area contributed by atoms with Crippen molar-refractivity contribution in [1.29, 1.82) is 0 Å². The average molecular weight is 393 g/mol. The molecule has 1 fully saturated rings. The van der Waals surface area contributed by atoms with Crippen LogP contribution >= 0.6 is 23.1 Å². The molecule has 2 N–H and O–H groups in total. The van der Waals surface area contributed by atoms with Gasteiger partial charge in [-0.1, -0.05) is 48.9 Å². The molecular weight excluding hydrogens is 368 g/mol. The minimum absolute atomic E-state index is 0.0752. The molecule has 1 aromatic heterocycles. The van der Waals surface area contributed by atoms with Crippen molar-refractivity contribution in [2.75, 3.05) is 18.2 Å². The van der Waals surface area contributed by atoms with Crippen molar-refractivity contribution < 1.29 is 9.53 Å². The van der Waals surface area contributed by atoms with Gasteiger partial charge in [-0.15, -0.1) is 10.2 Å². The summed E-state index contributed by atoms with van der Waals surface area (Å²) in [5.41, 5.74) is 0.890. The monoisotopic (exact) mass is 392 g/mol. The van der Waals surface area contributed by atoms with Gasteiger partial charge in [0.15, 0.2) is 4.34 Å². The molecule has 6 nitrogen and oxygen atoms in total. The standard InChI is InChI=1S/C18H24N4O2S2/c1-12-6-3-4-9-15(12)20-16(23)11-25-18-22-21-17(26-18)19-13-7-5-8-14(10-13)24-2/h5,7-8,10,12,15H,3-4,6,9,11H2,1-2H3,(H,19,21)(H,20,23)/t12-,15+/m0/s1. The fraction of sp³-hybridized carbons (Fsp3) is 0.500. The number of carbonyl (C=O) groups excluding carboxylic acids is 1. The van der Waals surface area contributed by atoms with Crippen molar-refractivity contribution in [3.8, 4) is 5.75 Å². The number of thioether (sulfide) groups is 1. The molecule has 1 saturated carbocycles. The van der Waals surface area contributed by atoms with Gasteiger partial charge in [-0.3, -0.25) is 4.79 Å². The number of hydrogen-bond donors (Lipinski definition) is 2. The molecule has 1 aliphatic rings. The van der Waals surface area contributed by atoms with Crippen LogP contribution in [0.2, 0.25) is 0 Å². The van der Waals surface area contributed by atoms with Crippen molar-refractivity contribution in [1.82, 2.24) is 15.5 Å². The van der Waals surface area contributed by atoms with Crippen LogP contribution in [0.15, 0.2) is 28.6 Å². The third-order valence-corrected chi connectivity index (χ3v) is 6.48. The Hall–Kier alpha value is -1.80. The van der Waals surface area contributed by atoms with Gasteiger partial charge < -0.3 is 15.4 Å². The Balaban J connectivity index is 1.48. The molecule has 0 unspecified atom stereocenters. The van der Waals surface area contributed by atoms with Crippen molar-refractivity contribution in [3.05, 3.63) is 24.3 Å². The van der Waals surface area contributed by atoms with Crippen molar-refractivity contribution in [3.63, 3.8) is 0 Å². The summed E-state index contributed by atoms with van der Waals surface area (Å²) in [6, 6.07) is 7.95. The quantitative estimate of drug-likeness (QED) is 0.692. The lowest BCUT2D eigenvalue weighted by atomic mass is 9.86. The van der Waals surface area contributed by atoms with E-state index in [9.17, 15) is 4.79 Å². The maximum Gasteiger partial charge on any atom is 0.230 e. The molecule has 140 valence electrons. The summed E-state index contributed by atoms with van der Waals surface area (Å²) in [4.78, 5) is 12.2. The Morgan fingerprint density at radius 3 is 3.00 bits per heavy atom. The van der Waals surface area contributed by atoms with E-state index >= 15 is 0 Å². The maximum absolute atomic E-state index is 12.2. The van der Waals surface area contributed by atoms with E-state index in [1.54, 1.807) is 7.11 Å². The number of nitrogens with zero attached hydrogens (tertiary/aromatic N) is 2. The highest BCUT2D eigenvalue weighted by atomic mass is 32.2. The zero-order chi connectivity index (χ0) is 18.4. The number of hydrogen-bond acceptors (Lipinski definition) is 7. The number of methoxy groups -OCH3 is 1. The van der Waals surface area contributed by atoms with Crippen LogP contribution < -0.4 is 15.4 Å². The molecule has 1 amide bonds. The van der Waals surface area contributed by atoms with Gasteiger partial charge in [-0.25, -0.2) is 0 Å². The molecule has 0 spiro atoms. The molecule has 0 bridgehead atoms. The number of aromatic nitrogens is 2. The third-order valence-electron chi connectivity index (χ3n) is 4.51. The SMILES string of the molecule is COc1cccc(Nc2nnc(SCC(=O)N[C@@H]3CCCC[C@@H]3C)s2)c1. The highest BCUT2D eigenvalue weighted by molar-refractivity contribution is 8.01. The lowest BCUT2D eigenvalue weighted by molar-refractivity contribution is -0.119. The van der Waals surface area contributed by atoms with E-state index in [0.717, 1.165) is 22.2 Å². The van der Waals surface area contributed by atoms with E-state index in [1.165, 1.54) is 42.4 Å². The Labute approximate surface area is 162 Å². The van der Waals surface area contributed by atoms with Crippen molar-refractivity contribution in [2.45, 2.75) is 43.0 Å². The lowest BCUT2D eigenvalue weighted by Gasteiger charge is -2.29. The summed E-state index contributed by atoms with van der Waals surface area (Å²) in [5.74, 6) is 1.80. The average Bonchev–Trinajstić information content (AvgIpc) is 3.09. The molecule has 26 heavy (non-hydrogen) atoms. The van der Waals surface area contributed by atoms with Crippen LogP contribution in [0.4, 0.5) is 10.8 Å². The number of carbonyl (C=O) groups is 1. The zero-order valence-corrected chi connectivity index (χ0v) is 16.7. The lowest BCUT2D eigenvalue weighted by Crippen LogP contribution is -2.41. The number of rotatable bonds is 7. The van der Waals surface area contributed by atoms with Crippen LogP contribution in [0.25, 0.3) is 0 Å². The van der Waals surface area contributed by atoms with Crippen LogP contribution in [0.5, 0.6) is 5.75 Å². The molecule has 1 aromatic carbocycles. The normalized spacial score (nSPS) is 19.8. The molecule has 1 aliphatic carbocycles. The fourth-order valence-corrected chi connectivity index (χ4v) is 4.63. The molecule has 0 aliphatic heterocycles. The van der Waals surface area contributed by atoms with Gasteiger partial charge in [0.25, 0.3) is 0 Å². The number of anilines is 2. The van der Waals surface area contributed by atoms with E-state index in [-0.39, 0.29) is 5.91 Å². The van der Waals surface area contributed by atoms with Gasteiger partial charge in [-0.2, -0.15) is 0 Å². The number of ether oxygens (including phenoxy) is 1. The second-order valence-corrected chi connectivity index (χ2v) is 8.65. The number of benzene rings is 1. The summed E-state index contributed by atoms with van der Waals surface area (Å²) in [6.45, 7) is 2.22. The summed E-state index contributed by atoms with van der Waals surface area (Å²) >= 11 is 2.86. The molecule has 1 heterocycles. The van der Waals surface area contributed by atoms with Crippen LogP contribution in [0.1, 0.15) is 32.6 Å². The van der Waals surface area contributed by atoms with Crippen LogP contribution in [0.3, 0.4) is 0 Å². The molecular formula is C18H24N4O2S2. The Kier molecular flexibility index (Phi) is 6.73. The minimum Gasteiger partial charge on any atom is -0.497 e. The van der Waals surface area contributed by atoms with Gasteiger partial charge in [0.05, 0.1) is 12.9 Å². The second kappa shape index (κ2) is 9.23. The summed E-state index contributed by atoms with van der Waals surface area (Å²) < 4.78 is 5.99. The smallest absolute Gasteiger partial charge is 0.230 e. The molecule has 8 heteroatoms. The Morgan fingerprint density at radius 2 is 2.19 bits per heavy atom. The predicted molar refractivity (Wildman–Crippen MR) is 106 cm³/mol. The second-order valence-electron chi connectivity index (χ2n) is 6.45. The van der Waals surface area contributed by atoms with Gasteiger partial charge in [0.2, 0.25) is 11.0 Å². The van der Waals surface area contributed by atoms with Crippen molar-refractivity contribution in [2.24, 2.45) is 5.92 Å². The molecule has 0 radical (unpaired) electrons. The molecule has 3 rings (SSSR count). The van der Waals surface area contributed by atoms with E-state index in [1.807, 2.05) is 24.3 Å². The summed E-state index contributed by atoms with van der Waals surface area (Å²) in [6.07, 6.45) is 4.77. The van der Waals surface area contributed by atoms with E-state index in [4.69, 9.17) is 4.74 Å². The van der Waals surface area contributed by atoms with E-state index in [0.29, 0.717) is 22.8 Å². The third kappa shape index (κ3) is 5.35. The maximum atomic E-state index is 12.2. The zero-order valence-electron chi connectivity index (χ0n) is 15.0. The first-order chi connectivity index (χ1) is 12.6. The summed E-state index contributed by atoms with van der Waals surface area (Å²) in [5, 5.41) is 15.4. The summed E-state index contributed by atoms with van der Waals surface area (Å²) in [7, 11) is 1.64. The predicted octanol–water partition coefficient (Wildman–Crippen LogP) is 4.08. The first-order valence-electron chi connectivity index (χ1n) is 8.81. The number of nitrogens with one attached hydrogen (secondary N) is 2. The highest BCUT2D eigenvalue weighted by Crippen LogP contribution is 2.29. The van der Waals surface area contributed by atoms with E-state index < -0.39 is 0 Å². The van der Waals surface area contributed by atoms with Crippen LogP contribution in [0, 0.1) is 5.92 Å². The number of amides is 1. The molecule has 2 aromatic rings. The molecule has 0 saturated heterocycles. The van der Waals surface area contributed by atoms with Gasteiger partial charge in [-0.05, 0) is 30.9 Å². The van der Waals surface area contributed by atoms with Crippen LogP contribution in [-0.2, 0) is 4.79 Å². The van der Waals surface area contributed by atoms with Gasteiger partial charge in [0.1, 0.15) is 5.75 Å². The topological polar surface area (TPSA) is 76.1 Å². The van der Waals surface area contributed by atoms with E-state index in [2.05, 4.69) is 27.8 Å². The Bertz CT molecular complexity index is 737. The molecule has 2 atom stereocenters. The Morgan fingerprint density at radius 1 is 1.35 bits per heavy atom. The van der Waals surface area contributed by atoms with Gasteiger partial charge in [0, 0.05) is 17.8 Å². The first kappa shape index (κ1) is 19.0. The van der Waals surface area contributed by atoms with Crippen molar-refractivity contribution >= 4 is 39.8 Å².